The van der Waals surface area contributed by atoms with E-state index in [-0.39, 0.29) is 0 Å². The zero-order valence-electron chi connectivity index (χ0n) is 14.9. The fraction of sp³-hybridized carbons (Fsp3) is 0.190. The van der Waals surface area contributed by atoms with Crippen molar-refractivity contribution in [3.05, 3.63) is 72.8 Å². The standard InChI is InChI=1S/C13H16O3.C8H8O/c1-5-10-6-8-11(9-7-10)15-12(14)16-13(2,3)4;1-2-7-3-5-8(9)6-4-7/h5-9H,1H2,2-4H3;2-6,9H,1H2. The molecule has 0 fully saturated rings. The molecule has 0 aliphatic rings. The smallest absolute Gasteiger partial charge is 0.508 e. The second kappa shape index (κ2) is 9.33. The second-order valence-electron chi connectivity index (χ2n) is 6.14. The van der Waals surface area contributed by atoms with Gasteiger partial charge in [-0.25, -0.2) is 4.79 Å². The van der Waals surface area contributed by atoms with Crippen molar-refractivity contribution in [2.24, 2.45) is 0 Å². The average molecular weight is 340 g/mol. The molecule has 132 valence electrons. The van der Waals surface area contributed by atoms with E-state index in [1.54, 1.807) is 57.2 Å². The maximum absolute atomic E-state index is 11.3. The maximum atomic E-state index is 11.3. The van der Waals surface area contributed by atoms with Gasteiger partial charge in [0.2, 0.25) is 0 Å². The van der Waals surface area contributed by atoms with Crippen LogP contribution in [-0.4, -0.2) is 16.9 Å². The topological polar surface area (TPSA) is 55.8 Å². The van der Waals surface area contributed by atoms with Crippen molar-refractivity contribution in [3.8, 4) is 11.5 Å². The molecule has 0 unspecified atom stereocenters. The third-order valence-corrected chi connectivity index (χ3v) is 2.84. The molecule has 2 rings (SSSR count). The Bertz CT molecular complexity index is 692. The molecule has 0 saturated heterocycles. The number of rotatable bonds is 3. The van der Waals surface area contributed by atoms with Gasteiger partial charge in [0, 0.05) is 0 Å². The Balaban J connectivity index is 0.000000293. The van der Waals surface area contributed by atoms with Crippen molar-refractivity contribution in [2.75, 3.05) is 0 Å². The lowest BCUT2D eigenvalue weighted by molar-refractivity contribution is 0.0206. The summed E-state index contributed by atoms with van der Waals surface area (Å²) in [6.07, 6.45) is 2.76. The van der Waals surface area contributed by atoms with Gasteiger partial charge >= 0.3 is 6.16 Å². The van der Waals surface area contributed by atoms with Crippen molar-refractivity contribution < 1.29 is 19.4 Å². The zero-order chi connectivity index (χ0) is 18.9. The summed E-state index contributed by atoms with van der Waals surface area (Å²) < 4.78 is 10.0. The van der Waals surface area contributed by atoms with Crippen LogP contribution >= 0.6 is 0 Å². The van der Waals surface area contributed by atoms with Crippen LogP contribution in [0.4, 0.5) is 4.79 Å². The Kier molecular flexibility index (Phi) is 7.47. The molecule has 1 N–H and O–H groups in total. The first-order valence-corrected chi connectivity index (χ1v) is 7.78. The Morgan fingerprint density at radius 3 is 1.76 bits per heavy atom. The lowest BCUT2D eigenvalue weighted by Gasteiger charge is -2.18. The first kappa shape index (κ1) is 20.0. The van der Waals surface area contributed by atoms with Crippen molar-refractivity contribution in [3.63, 3.8) is 0 Å². The molecule has 0 bridgehead atoms. The zero-order valence-corrected chi connectivity index (χ0v) is 14.9. The summed E-state index contributed by atoms with van der Waals surface area (Å²) in [5.41, 5.74) is 1.45. The Hall–Kier alpha value is -3.01. The number of ether oxygens (including phenoxy) is 2. The quantitative estimate of drug-likeness (QED) is 0.577. The number of phenolic OH excluding ortho intramolecular Hbond substituents is 1. The summed E-state index contributed by atoms with van der Waals surface area (Å²) in [5.74, 6) is 0.750. The Labute approximate surface area is 149 Å². The number of hydrogen-bond acceptors (Lipinski definition) is 4. The predicted octanol–water partition coefficient (Wildman–Crippen LogP) is 5.68. The van der Waals surface area contributed by atoms with E-state index in [0.717, 1.165) is 11.1 Å². The number of hydrogen-bond donors (Lipinski definition) is 1. The van der Waals surface area contributed by atoms with Gasteiger partial charge in [0.15, 0.2) is 0 Å². The molecule has 2 aromatic carbocycles. The van der Waals surface area contributed by atoms with Gasteiger partial charge in [0.25, 0.3) is 0 Å². The summed E-state index contributed by atoms with van der Waals surface area (Å²) >= 11 is 0. The average Bonchev–Trinajstić information content (AvgIpc) is 2.55. The summed E-state index contributed by atoms with van der Waals surface area (Å²) in [4.78, 5) is 11.3. The van der Waals surface area contributed by atoms with E-state index in [1.165, 1.54) is 0 Å². The minimum Gasteiger partial charge on any atom is -0.508 e. The van der Waals surface area contributed by atoms with Gasteiger partial charge in [-0.1, -0.05) is 49.6 Å². The highest BCUT2D eigenvalue weighted by atomic mass is 16.7. The van der Waals surface area contributed by atoms with Gasteiger partial charge in [-0.05, 0) is 56.2 Å². The predicted molar refractivity (Wildman–Crippen MR) is 102 cm³/mol. The molecule has 0 aromatic heterocycles. The first-order valence-electron chi connectivity index (χ1n) is 7.78. The van der Waals surface area contributed by atoms with Gasteiger partial charge in [-0.3, -0.25) is 0 Å². The van der Waals surface area contributed by atoms with Crippen LogP contribution < -0.4 is 4.74 Å². The highest BCUT2D eigenvalue weighted by Crippen LogP contribution is 2.15. The molecule has 0 spiro atoms. The van der Waals surface area contributed by atoms with Gasteiger partial charge in [-0.15, -0.1) is 0 Å². The maximum Gasteiger partial charge on any atom is 0.514 e. The molecule has 0 amide bonds. The first-order chi connectivity index (χ1) is 11.7. The molecule has 0 radical (unpaired) electrons. The molecule has 0 saturated carbocycles. The molecular formula is C21H24O4. The van der Waals surface area contributed by atoms with Crippen LogP contribution in [0.1, 0.15) is 31.9 Å². The monoisotopic (exact) mass is 340 g/mol. The molecule has 2 aromatic rings. The van der Waals surface area contributed by atoms with Crippen LogP contribution in [0.25, 0.3) is 12.2 Å². The SMILES string of the molecule is C=Cc1ccc(O)cc1.C=Cc1ccc(OC(=O)OC(C)(C)C)cc1. The molecular weight excluding hydrogens is 316 g/mol. The van der Waals surface area contributed by atoms with Crippen LogP contribution in [0.15, 0.2) is 61.7 Å². The number of aromatic hydroxyl groups is 1. The molecule has 4 nitrogen and oxygen atoms in total. The van der Waals surface area contributed by atoms with E-state index in [1.807, 2.05) is 24.3 Å². The third kappa shape index (κ3) is 8.42. The third-order valence-electron chi connectivity index (χ3n) is 2.84. The van der Waals surface area contributed by atoms with E-state index in [2.05, 4.69) is 13.2 Å². The van der Waals surface area contributed by atoms with E-state index in [0.29, 0.717) is 11.5 Å². The Morgan fingerprint density at radius 2 is 1.36 bits per heavy atom. The number of benzene rings is 2. The van der Waals surface area contributed by atoms with Crippen molar-refractivity contribution >= 4 is 18.3 Å². The van der Waals surface area contributed by atoms with Gasteiger partial charge < -0.3 is 14.6 Å². The summed E-state index contributed by atoms with van der Waals surface area (Å²) in [7, 11) is 0. The minimum absolute atomic E-state index is 0.292. The largest absolute Gasteiger partial charge is 0.514 e. The molecule has 0 heterocycles. The normalized spacial score (nSPS) is 10.0. The summed E-state index contributed by atoms with van der Waals surface area (Å²) in [6, 6.07) is 13.9. The lowest BCUT2D eigenvalue weighted by Crippen LogP contribution is -2.25. The lowest BCUT2D eigenvalue weighted by atomic mass is 10.2. The van der Waals surface area contributed by atoms with E-state index in [4.69, 9.17) is 14.6 Å². The highest BCUT2D eigenvalue weighted by molar-refractivity contribution is 5.64. The van der Waals surface area contributed by atoms with Gasteiger partial charge in [0.05, 0.1) is 0 Å². The highest BCUT2D eigenvalue weighted by Gasteiger charge is 2.17. The molecule has 0 aliphatic heterocycles. The fourth-order valence-electron chi connectivity index (χ4n) is 1.65. The number of carbonyl (C=O) groups is 1. The summed E-state index contributed by atoms with van der Waals surface area (Å²) in [6.45, 7) is 12.6. The van der Waals surface area contributed by atoms with E-state index in [9.17, 15) is 4.79 Å². The molecule has 25 heavy (non-hydrogen) atoms. The van der Waals surface area contributed by atoms with E-state index >= 15 is 0 Å². The number of phenols is 1. The molecule has 0 aliphatic carbocycles. The minimum atomic E-state index is -0.696. The summed E-state index contributed by atoms with van der Waals surface area (Å²) in [5, 5.41) is 8.82. The molecule has 4 heteroatoms. The fourth-order valence-corrected chi connectivity index (χ4v) is 1.65. The van der Waals surface area contributed by atoms with Gasteiger partial charge in [-0.2, -0.15) is 0 Å². The van der Waals surface area contributed by atoms with Crippen molar-refractivity contribution in [2.45, 2.75) is 26.4 Å². The van der Waals surface area contributed by atoms with E-state index < -0.39 is 11.8 Å². The number of carbonyl (C=O) groups excluding carboxylic acids is 1. The molecule has 0 atom stereocenters. The second-order valence-corrected chi connectivity index (χ2v) is 6.14. The van der Waals surface area contributed by atoms with Crippen LogP contribution in [0.3, 0.4) is 0 Å². The van der Waals surface area contributed by atoms with Crippen molar-refractivity contribution in [1.29, 1.82) is 0 Å². The van der Waals surface area contributed by atoms with Crippen LogP contribution in [0, 0.1) is 0 Å². The van der Waals surface area contributed by atoms with Crippen LogP contribution in [0.5, 0.6) is 11.5 Å². The van der Waals surface area contributed by atoms with Gasteiger partial charge in [0.1, 0.15) is 17.1 Å². The van der Waals surface area contributed by atoms with Crippen molar-refractivity contribution in [1.82, 2.24) is 0 Å². The van der Waals surface area contributed by atoms with Crippen LogP contribution in [-0.2, 0) is 4.74 Å². The van der Waals surface area contributed by atoms with Crippen LogP contribution in [0.2, 0.25) is 0 Å². The Morgan fingerprint density at radius 1 is 0.920 bits per heavy atom.